The summed E-state index contributed by atoms with van der Waals surface area (Å²) < 4.78 is 7.86. The topological polar surface area (TPSA) is 67.6 Å². The maximum Gasteiger partial charge on any atom is 0.264 e. The molecule has 0 aliphatic heterocycles. The Hall–Kier alpha value is -3.91. The van der Waals surface area contributed by atoms with Crippen LogP contribution in [-0.2, 0) is 6.54 Å². The molecule has 3 aromatic carbocycles. The van der Waals surface area contributed by atoms with Gasteiger partial charge >= 0.3 is 0 Å². The Labute approximate surface area is 161 Å². The number of rotatable bonds is 3. The molecule has 0 saturated heterocycles. The average Bonchev–Trinajstić information content (AvgIpc) is 3.31. The predicted molar refractivity (Wildman–Crippen MR) is 108 cm³/mol. The van der Waals surface area contributed by atoms with Crippen LogP contribution in [0.25, 0.3) is 33.3 Å². The Balaban J connectivity index is 1.75. The molecule has 5 aromatic rings. The van der Waals surface area contributed by atoms with E-state index in [0.717, 1.165) is 16.6 Å². The van der Waals surface area contributed by atoms with Gasteiger partial charge in [0, 0.05) is 18.9 Å². The summed E-state index contributed by atoms with van der Waals surface area (Å²) in [5.74, 6) is 1.00. The van der Waals surface area contributed by atoms with Gasteiger partial charge < -0.3 is 8.98 Å². The molecule has 0 aliphatic rings. The Morgan fingerprint density at radius 2 is 1.82 bits per heavy atom. The summed E-state index contributed by atoms with van der Waals surface area (Å²) in [5.41, 5.74) is 3.63. The van der Waals surface area contributed by atoms with Crippen molar-refractivity contribution in [1.82, 2.24) is 14.8 Å². The normalized spacial score (nSPS) is 11.1. The lowest BCUT2D eigenvalue weighted by atomic mass is 10.0. The molecule has 5 heteroatoms. The third-order valence-corrected chi connectivity index (χ3v) is 4.99. The van der Waals surface area contributed by atoms with E-state index in [1.54, 1.807) is 6.92 Å². The molecule has 0 aliphatic carbocycles. The lowest BCUT2D eigenvalue weighted by molar-refractivity contribution is 0.528. The third kappa shape index (κ3) is 2.63. The number of aryl methyl sites for hydroxylation is 1. The van der Waals surface area contributed by atoms with Crippen LogP contribution in [0.3, 0.4) is 0 Å². The van der Waals surface area contributed by atoms with Crippen molar-refractivity contribution in [2.45, 2.75) is 13.5 Å². The molecule has 5 nitrogen and oxygen atoms in total. The molecule has 0 amide bonds. The molecule has 0 atom stereocenters. The molecular weight excluding hydrogens is 348 g/mol. The quantitative estimate of drug-likeness (QED) is 0.448. The zero-order valence-corrected chi connectivity index (χ0v) is 15.3. The molecule has 2 aromatic heterocycles. The number of hydrogen-bond acceptors (Lipinski definition) is 4. The standard InChI is InChI=1S/C23H16N4O/c1-15-25-26-23(28-15)22-12-18-10-9-16(13-24)11-21(18)27(22)14-19-7-4-6-17-5-2-3-8-20(17)19/h2-12H,14H2,1H3. The number of nitriles is 1. The zero-order valence-electron chi connectivity index (χ0n) is 15.3. The van der Waals surface area contributed by atoms with Gasteiger partial charge in [0.05, 0.1) is 17.1 Å². The van der Waals surface area contributed by atoms with Crippen molar-refractivity contribution >= 4 is 21.7 Å². The molecule has 28 heavy (non-hydrogen) atoms. The Morgan fingerprint density at radius 3 is 2.64 bits per heavy atom. The fraction of sp³-hybridized carbons (Fsp3) is 0.0870. The average molecular weight is 364 g/mol. The SMILES string of the molecule is Cc1nnc(-c2cc3ccc(C#N)cc3n2Cc2cccc3ccccc23)o1. The third-order valence-electron chi connectivity index (χ3n) is 4.99. The van der Waals surface area contributed by atoms with E-state index in [-0.39, 0.29) is 0 Å². The van der Waals surface area contributed by atoms with Crippen LogP contribution in [0.5, 0.6) is 0 Å². The van der Waals surface area contributed by atoms with Gasteiger partial charge in [-0.15, -0.1) is 10.2 Å². The van der Waals surface area contributed by atoms with E-state index in [1.807, 2.05) is 30.3 Å². The second-order valence-electron chi connectivity index (χ2n) is 6.77. The highest BCUT2D eigenvalue weighted by Crippen LogP contribution is 2.30. The Kier molecular flexibility index (Phi) is 3.70. The van der Waals surface area contributed by atoms with Crippen LogP contribution >= 0.6 is 0 Å². The predicted octanol–water partition coefficient (Wildman–Crippen LogP) is 5.07. The van der Waals surface area contributed by atoms with Crippen LogP contribution < -0.4 is 0 Å². The first-order valence-electron chi connectivity index (χ1n) is 9.03. The summed E-state index contributed by atoms with van der Waals surface area (Å²) in [6, 6.07) is 24.6. The minimum absolute atomic E-state index is 0.479. The maximum absolute atomic E-state index is 9.35. The van der Waals surface area contributed by atoms with Crippen LogP contribution in [0, 0.1) is 18.3 Å². The van der Waals surface area contributed by atoms with E-state index in [4.69, 9.17) is 4.42 Å². The minimum atomic E-state index is 0.479. The van der Waals surface area contributed by atoms with Gasteiger partial charge in [-0.25, -0.2) is 0 Å². The van der Waals surface area contributed by atoms with E-state index < -0.39 is 0 Å². The summed E-state index contributed by atoms with van der Waals surface area (Å²) in [4.78, 5) is 0. The van der Waals surface area contributed by atoms with Crippen LogP contribution in [0.4, 0.5) is 0 Å². The van der Waals surface area contributed by atoms with E-state index in [2.05, 4.69) is 57.2 Å². The van der Waals surface area contributed by atoms with Gasteiger partial charge in [0.15, 0.2) is 0 Å². The van der Waals surface area contributed by atoms with Crippen molar-refractivity contribution in [1.29, 1.82) is 5.26 Å². The van der Waals surface area contributed by atoms with E-state index >= 15 is 0 Å². The molecule has 2 heterocycles. The minimum Gasteiger partial charge on any atom is -0.420 e. The van der Waals surface area contributed by atoms with Crippen LogP contribution in [0.1, 0.15) is 17.0 Å². The first-order chi connectivity index (χ1) is 13.7. The fourth-order valence-corrected chi connectivity index (χ4v) is 3.67. The summed E-state index contributed by atoms with van der Waals surface area (Å²) in [6.45, 7) is 2.42. The van der Waals surface area contributed by atoms with E-state index in [0.29, 0.717) is 23.9 Å². The van der Waals surface area contributed by atoms with Gasteiger partial charge in [-0.3, -0.25) is 0 Å². The summed E-state index contributed by atoms with van der Waals surface area (Å²) in [5, 5.41) is 21.0. The van der Waals surface area contributed by atoms with Crippen LogP contribution in [0.2, 0.25) is 0 Å². The van der Waals surface area contributed by atoms with Crippen molar-refractivity contribution in [3.05, 3.63) is 83.7 Å². The van der Waals surface area contributed by atoms with Crippen molar-refractivity contribution in [2.24, 2.45) is 0 Å². The molecule has 0 unspecified atom stereocenters. The first-order valence-corrected chi connectivity index (χ1v) is 9.03. The Morgan fingerprint density at radius 1 is 0.964 bits per heavy atom. The number of fused-ring (bicyclic) bond motifs is 2. The monoisotopic (exact) mass is 364 g/mol. The molecule has 0 N–H and O–H groups in total. The molecule has 5 rings (SSSR count). The molecule has 0 bridgehead atoms. The largest absolute Gasteiger partial charge is 0.420 e. The van der Waals surface area contributed by atoms with Gasteiger partial charge in [0.2, 0.25) is 5.89 Å². The Bertz CT molecular complexity index is 1370. The van der Waals surface area contributed by atoms with Crippen molar-refractivity contribution in [3.63, 3.8) is 0 Å². The van der Waals surface area contributed by atoms with Crippen molar-refractivity contribution in [3.8, 4) is 17.7 Å². The van der Waals surface area contributed by atoms with Crippen LogP contribution in [0.15, 0.2) is 71.1 Å². The lowest BCUT2D eigenvalue weighted by Crippen LogP contribution is -2.02. The molecular formula is C23H16N4O. The highest BCUT2D eigenvalue weighted by molar-refractivity contribution is 5.88. The number of benzene rings is 3. The van der Waals surface area contributed by atoms with Gasteiger partial charge in [-0.05, 0) is 34.5 Å². The molecule has 0 radical (unpaired) electrons. The fourth-order valence-electron chi connectivity index (χ4n) is 3.67. The molecule has 0 fully saturated rings. The highest BCUT2D eigenvalue weighted by Gasteiger charge is 2.17. The lowest BCUT2D eigenvalue weighted by Gasteiger charge is -2.12. The zero-order chi connectivity index (χ0) is 19.1. The van der Waals surface area contributed by atoms with Gasteiger partial charge in [-0.2, -0.15) is 5.26 Å². The number of aromatic nitrogens is 3. The van der Waals surface area contributed by atoms with E-state index in [9.17, 15) is 5.26 Å². The number of hydrogen-bond donors (Lipinski definition) is 0. The second kappa shape index (κ2) is 6.36. The summed E-state index contributed by atoms with van der Waals surface area (Å²) in [7, 11) is 0. The summed E-state index contributed by atoms with van der Waals surface area (Å²) >= 11 is 0. The van der Waals surface area contributed by atoms with Crippen molar-refractivity contribution < 1.29 is 4.42 Å². The summed E-state index contributed by atoms with van der Waals surface area (Å²) in [6.07, 6.45) is 0. The molecule has 0 saturated carbocycles. The highest BCUT2D eigenvalue weighted by atomic mass is 16.4. The first kappa shape index (κ1) is 16.3. The second-order valence-corrected chi connectivity index (χ2v) is 6.77. The number of nitrogens with zero attached hydrogens (tertiary/aromatic N) is 4. The van der Waals surface area contributed by atoms with Gasteiger partial charge in [0.25, 0.3) is 5.89 Å². The van der Waals surface area contributed by atoms with Gasteiger partial charge in [0.1, 0.15) is 5.69 Å². The molecule has 0 spiro atoms. The van der Waals surface area contributed by atoms with E-state index in [1.165, 1.54) is 16.3 Å². The smallest absolute Gasteiger partial charge is 0.264 e. The van der Waals surface area contributed by atoms with Gasteiger partial charge in [-0.1, -0.05) is 48.5 Å². The maximum atomic E-state index is 9.35. The molecule has 134 valence electrons. The van der Waals surface area contributed by atoms with Crippen LogP contribution in [-0.4, -0.2) is 14.8 Å². The van der Waals surface area contributed by atoms with Crippen molar-refractivity contribution in [2.75, 3.05) is 0 Å².